The van der Waals surface area contributed by atoms with Gasteiger partial charge in [0.25, 0.3) is 5.91 Å². The molecule has 0 spiro atoms. The number of fused-ring (bicyclic) bond motifs is 1. The molecule has 2 aromatic carbocycles. The number of carbonyl (C=O) groups excluding carboxylic acids is 1. The second-order valence-corrected chi connectivity index (χ2v) is 6.86. The Kier molecular flexibility index (Phi) is 4.29. The fourth-order valence-corrected chi connectivity index (χ4v) is 3.56. The van der Waals surface area contributed by atoms with E-state index in [-0.39, 0.29) is 11.9 Å². The van der Waals surface area contributed by atoms with Gasteiger partial charge in [0, 0.05) is 12.6 Å². The number of hydrogen-bond donors (Lipinski definition) is 0. The zero-order valence-corrected chi connectivity index (χ0v) is 15.1. The Morgan fingerprint density at radius 3 is 2.62 bits per heavy atom. The molecule has 1 aliphatic rings. The number of nitrogens with zero attached hydrogens (tertiary/aromatic N) is 4. The lowest BCUT2D eigenvalue weighted by molar-refractivity contribution is 0.0742. The Balaban J connectivity index is 1.52. The number of rotatable bonds is 4. The van der Waals surface area contributed by atoms with Gasteiger partial charge in [0.05, 0.1) is 11.7 Å². The summed E-state index contributed by atoms with van der Waals surface area (Å²) in [5.74, 6) is 0.0625. The topological polar surface area (TPSA) is 51.0 Å². The normalized spacial score (nSPS) is 14.1. The highest BCUT2D eigenvalue weighted by molar-refractivity contribution is 5.94. The minimum absolute atomic E-state index is 0.0134. The molecule has 1 aliphatic carbocycles. The summed E-state index contributed by atoms with van der Waals surface area (Å²) < 4.78 is 1.72. The Morgan fingerprint density at radius 2 is 1.88 bits per heavy atom. The molecule has 0 N–H and O–H groups in total. The van der Waals surface area contributed by atoms with Gasteiger partial charge in [0.1, 0.15) is 12.7 Å². The fourth-order valence-electron chi connectivity index (χ4n) is 3.56. The Hall–Kier alpha value is -2.95. The number of aromatic nitrogens is 3. The van der Waals surface area contributed by atoms with Crippen molar-refractivity contribution in [3.8, 4) is 5.69 Å². The predicted molar refractivity (Wildman–Crippen MR) is 100 cm³/mol. The summed E-state index contributed by atoms with van der Waals surface area (Å²) in [5.41, 5.74) is 5.53. The average molecular weight is 346 g/mol. The molecular weight excluding hydrogens is 324 g/mol. The molecule has 0 aliphatic heterocycles. The fraction of sp³-hybridized carbons (Fsp3) is 0.286. The minimum Gasteiger partial charge on any atom is -0.335 e. The molecule has 1 heterocycles. The molecule has 0 fully saturated rings. The van der Waals surface area contributed by atoms with Gasteiger partial charge in [-0.3, -0.25) is 4.79 Å². The molecule has 0 radical (unpaired) electrons. The largest absolute Gasteiger partial charge is 0.335 e. The van der Waals surface area contributed by atoms with Gasteiger partial charge in [-0.1, -0.05) is 18.2 Å². The minimum atomic E-state index is -0.0134. The predicted octanol–water partition coefficient (Wildman–Crippen LogP) is 3.59. The second kappa shape index (κ2) is 6.75. The summed E-state index contributed by atoms with van der Waals surface area (Å²) in [6.45, 7) is 2.05. The first kappa shape index (κ1) is 16.5. The third kappa shape index (κ3) is 3.01. The molecular formula is C21H22N4O. The molecule has 0 bridgehead atoms. The number of carbonyl (C=O) groups is 1. The van der Waals surface area contributed by atoms with Gasteiger partial charge in [-0.2, -0.15) is 5.10 Å². The van der Waals surface area contributed by atoms with E-state index in [1.165, 1.54) is 23.9 Å². The van der Waals surface area contributed by atoms with E-state index in [0.717, 1.165) is 29.7 Å². The molecule has 5 heteroatoms. The smallest absolute Gasteiger partial charge is 0.254 e. The van der Waals surface area contributed by atoms with E-state index in [4.69, 9.17) is 0 Å². The first-order valence-electron chi connectivity index (χ1n) is 8.97. The molecule has 4 rings (SSSR count). The van der Waals surface area contributed by atoms with Crippen LogP contribution in [0.15, 0.2) is 55.1 Å². The molecule has 1 aromatic heterocycles. The Morgan fingerprint density at radius 1 is 1.12 bits per heavy atom. The van der Waals surface area contributed by atoms with Crippen LogP contribution in [0.4, 0.5) is 0 Å². The Bertz CT molecular complexity index is 916. The second-order valence-electron chi connectivity index (χ2n) is 6.86. The molecule has 0 unspecified atom stereocenters. The molecule has 0 saturated heterocycles. The maximum atomic E-state index is 12.9. The van der Waals surface area contributed by atoms with Gasteiger partial charge in [0.15, 0.2) is 0 Å². The average Bonchev–Trinajstić information content (AvgIpc) is 3.37. The van der Waals surface area contributed by atoms with E-state index in [0.29, 0.717) is 0 Å². The van der Waals surface area contributed by atoms with E-state index in [1.54, 1.807) is 15.9 Å². The standard InChI is InChI=1S/C21H22N4O/c1-15(16-8-10-20(11-9-16)25-14-22-13-23-25)24(2)21(26)19-7-6-17-4-3-5-18(17)12-19/h6-15H,3-5H2,1-2H3/t15-/m0/s1. The first-order chi connectivity index (χ1) is 12.6. The Labute approximate surface area is 153 Å². The van der Waals surface area contributed by atoms with Gasteiger partial charge in [-0.25, -0.2) is 9.67 Å². The van der Waals surface area contributed by atoms with Gasteiger partial charge in [-0.05, 0) is 67.1 Å². The number of hydrogen-bond acceptors (Lipinski definition) is 3. The van der Waals surface area contributed by atoms with Crippen molar-refractivity contribution in [3.05, 3.63) is 77.4 Å². The van der Waals surface area contributed by atoms with E-state index in [9.17, 15) is 4.79 Å². The van der Waals surface area contributed by atoms with Crippen LogP contribution in [0, 0.1) is 0 Å². The van der Waals surface area contributed by atoms with E-state index in [1.807, 2.05) is 37.4 Å². The van der Waals surface area contributed by atoms with Crippen LogP contribution in [-0.4, -0.2) is 32.6 Å². The van der Waals surface area contributed by atoms with E-state index >= 15 is 0 Å². The van der Waals surface area contributed by atoms with Crippen molar-refractivity contribution in [2.45, 2.75) is 32.2 Å². The van der Waals surface area contributed by atoms with Crippen LogP contribution in [-0.2, 0) is 12.8 Å². The summed E-state index contributed by atoms with van der Waals surface area (Å²) in [4.78, 5) is 18.7. The highest BCUT2D eigenvalue weighted by Crippen LogP contribution is 2.26. The molecule has 3 aromatic rings. The van der Waals surface area contributed by atoms with Crippen LogP contribution < -0.4 is 0 Å². The zero-order valence-electron chi connectivity index (χ0n) is 15.1. The van der Waals surface area contributed by atoms with Crippen molar-refractivity contribution in [2.24, 2.45) is 0 Å². The van der Waals surface area contributed by atoms with Gasteiger partial charge in [0.2, 0.25) is 0 Å². The van der Waals surface area contributed by atoms with Crippen molar-refractivity contribution in [1.29, 1.82) is 0 Å². The van der Waals surface area contributed by atoms with Crippen molar-refractivity contribution in [1.82, 2.24) is 19.7 Å². The SMILES string of the molecule is C[C@@H](c1ccc(-n2cncn2)cc1)N(C)C(=O)c1ccc2c(c1)CCC2. The monoisotopic (exact) mass is 346 g/mol. The molecule has 26 heavy (non-hydrogen) atoms. The first-order valence-corrected chi connectivity index (χ1v) is 8.97. The van der Waals surface area contributed by atoms with Crippen LogP contribution in [0.2, 0.25) is 0 Å². The van der Waals surface area contributed by atoms with Crippen LogP contribution in [0.1, 0.15) is 46.4 Å². The third-order valence-electron chi connectivity index (χ3n) is 5.31. The van der Waals surface area contributed by atoms with Crippen LogP contribution in [0.5, 0.6) is 0 Å². The lowest BCUT2D eigenvalue weighted by atomic mass is 10.0. The van der Waals surface area contributed by atoms with E-state index < -0.39 is 0 Å². The number of amides is 1. The third-order valence-corrected chi connectivity index (χ3v) is 5.31. The molecule has 5 nitrogen and oxygen atoms in total. The van der Waals surface area contributed by atoms with Gasteiger partial charge < -0.3 is 4.90 Å². The highest BCUT2D eigenvalue weighted by atomic mass is 16.2. The highest BCUT2D eigenvalue weighted by Gasteiger charge is 2.21. The summed E-state index contributed by atoms with van der Waals surface area (Å²) in [5, 5.41) is 4.13. The zero-order chi connectivity index (χ0) is 18.1. The summed E-state index contributed by atoms with van der Waals surface area (Å²) in [6, 6.07) is 14.2. The summed E-state index contributed by atoms with van der Waals surface area (Å²) in [7, 11) is 1.87. The molecule has 1 atom stereocenters. The van der Waals surface area contributed by atoms with Crippen LogP contribution in [0.3, 0.4) is 0 Å². The quantitative estimate of drug-likeness (QED) is 0.725. The van der Waals surface area contributed by atoms with Gasteiger partial charge in [-0.15, -0.1) is 0 Å². The van der Waals surface area contributed by atoms with Crippen molar-refractivity contribution >= 4 is 5.91 Å². The van der Waals surface area contributed by atoms with Crippen LogP contribution in [0.25, 0.3) is 5.69 Å². The summed E-state index contributed by atoms with van der Waals surface area (Å²) in [6.07, 6.45) is 6.59. The summed E-state index contributed by atoms with van der Waals surface area (Å²) >= 11 is 0. The number of benzene rings is 2. The molecule has 1 amide bonds. The molecule has 132 valence electrons. The lowest BCUT2D eigenvalue weighted by Gasteiger charge is -2.26. The molecule has 0 saturated carbocycles. The maximum Gasteiger partial charge on any atom is 0.254 e. The lowest BCUT2D eigenvalue weighted by Crippen LogP contribution is -2.29. The van der Waals surface area contributed by atoms with Gasteiger partial charge >= 0.3 is 0 Å². The van der Waals surface area contributed by atoms with Crippen molar-refractivity contribution < 1.29 is 4.79 Å². The van der Waals surface area contributed by atoms with Crippen LogP contribution >= 0.6 is 0 Å². The van der Waals surface area contributed by atoms with Crippen molar-refractivity contribution in [2.75, 3.05) is 7.05 Å². The number of aryl methyl sites for hydroxylation is 2. The maximum absolute atomic E-state index is 12.9. The van der Waals surface area contributed by atoms with Crippen molar-refractivity contribution in [3.63, 3.8) is 0 Å². The van der Waals surface area contributed by atoms with E-state index in [2.05, 4.69) is 29.1 Å².